The third-order valence-corrected chi connectivity index (χ3v) is 3.13. The minimum absolute atomic E-state index is 0.225. The molecule has 10 heteroatoms. The standard InChI is InChI=1S/C10H7N9S/c11-10-16-8-6(9(20)17-10)15-4-19(8)18-3-14-5-1-12-2-13-7(5)18/h1-4H,(H3,11,16,17,20). The SMILES string of the molecule is Nc1nc2c(ncn2-n2cnc3cncnc32)c(=S)[nH]1. The summed E-state index contributed by atoms with van der Waals surface area (Å²) in [7, 11) is 0. The lowest BCUT2D eigenvalue weighted by Gasteiger charge is -2.04. The van der Waals surface area contributed by atoms with E-state index in [1.165, 1.54) is 6.33 Å². The molecule has 9 nitrogen and oxygen atoms in total. The molecule has 20 heavy (non-hydrogen) atoms. The number of rotatable bonds is 1. The summed E-state index contributed by atoms with van der Waals surface area (Å²) in [4.78, 5) is 23.6. The highest BCUT2D eigenvalue weighted by Gasteiger charge is 2.11. The number of hydrogen-bond donors (Lipinski definition) is 2. The van der Waals surface area contributed by atoms with Crippen LogP contribution >= 0.6 is 12.2 Å². The minimum atomic E-state index is 0.225. The zero-order valence-electron chi connectivity index (χ0n) is 9.93. The van der Waals surface area contributed by atoms with Crippen molar-refractivity contribution in [2.24, 2.45) is 0 Å². The fourth-order valence-corrected chi connectivity index (χ4v) is 2.23. The Balaban J connectivity index is 2.10. The highest BCUT2D eigenvalue weighted by atomic mass is 32.1. The molecule has 4 rings (SSSR count). The van der Waals surface area contributed by atoms with Gasteiger partial charge in [0.2, 0.25) is 5.95 Å². The second-order valence-electron chi connectivity index (χ2n) is 4.03. The van der Waals surface area contributed by atoms with Crippen LogP contribution in [0.4, 0.5) is 5.95 Å². The summed E-state index contributed by atoms with van der Waals surface area (Å²) in [5, 5.41) is 0. The molecular formula is C10H7N9S. The van der Waals surface area contributed by atoms with Gasteiger partial charge in [-0.25, -0.2) is 29.3 Å². The number of nitrogens with two attached hydrogens (primary N) is 1. The quantitative estimate of drug-likeness (QED) is 0.490. The Labute approximate surface area is 116 Å². The van der Waals surface area contributed by atoms with Crippen molar-refractivity contribution in [3.05, 3.63) is 29.8 Å². The Morgan fingerprint density at radius 1 is 1.10 bits per heavy atom. The van der Waals surface area contributed by atoms with Gasteiger partial charge in [-0.3, -0.25) is 0 Å². The molecule has 0 saturated carbocycles. The van der Waals surface area contributed by atoms with Gasteiger partial charge >= 0.3 is 0 Å². The van der Waals surface area contributed by atoms with Crippen molar-refractivity contribution in [1.82, 2.24) is 39.3 Å². The Morgan fingerprint density at radius 2 is 1.90 bits per heavy atom. The Hall–Kier alpha value is -2.88. The first kappa shape index (κ1) is 11.0. The Morgan fingerprint density at radius 3 is 2.80 bits per heavy atom. The van der Waals surface area contributed by atoms with Crippen molar-refractivity contribution in [1.29, 1.82) is 0 Å². The molecule has 98 valence electrons. The molecule has 0 aromatic carbocycles. The molecule has 0 fully saturated rings. The smallest absolute Gasteiger partial charge is 0.200 e. The van der Waals surface area contributed by atoms with Crippen molar-refractivity contribution in [3.63, 3.8) is 0 Å². The molecule has 0 atom stereocenters. The third-order valence-electron chi connectivity index (χ3n) is 2.84. The summed E-state index contributed by atoms with van der Waals surface area (Å²) in [6.07, 6.45) is 6.28. The van der Waals surface area contributed by atoms with Gasteiger partial charge in [-0.1, -0.05) is 12.2 Å². The molecule has 4 aromatic rings. The Bertz CT molecular complexity index is 995. The normalized spacial score (nSPS) is 11.4. The van der Waals surface area contributed by atoms with Crippen LogP contribution in [0.2, 0.25) is 0 Å². The summed E-state index contributed by atoms with van der Waals surface area (Å²) in [6.45, 7) is 0. The van der Waals surface area contributed by atoms with E-state index in [2.05, 4.69) is 29.9 Å². The van der Waals surface area contributed by atoms with Crippen molar-refractivity contribution >= 4 is 40.5 Å². The van der Waals surface area contributed by atoms with E-state index in [9.17, 15) is 0 Å². The van der Waals surface area contributed by atoms with Crippen molar-refractivity contribution < 1.29 is 0 Å². The van der Waals surface area contributed by atoms with Crippen molar-refractivity contribution in [2.45, 2.75) is 0 Å². The lowest BCUT2D eigenvalue weighted by atomic mass is 10.5. The molecule has 0 aliphatic carbocycles. The lowest BCUT2D eigenvalue weighted by Crippen LogP contribution is -2.09. The zero-order chi connectivity index (χ0) is 13.7. The van der Waals surface area contributed by atoms with E-state index >= 15 is 0 Å². The molecule has 0 aliphatic rings. The fourth-order valence-electron chi connectivity index (χ4n) is 1.99. The number of nitrogen functional groups attached to an aromatic ring is 1. The number of aromatic nitrogens is 8. The second-order valence-corrected chi connectivity index (χ2v) is 4.44. The molecule has 4 aromatic heterocycles. The van der Waals surface area contributed by atoms with Crippen molar-refractivity contribution in [2.75, 3.05) is 5.73 Å². The number of aromatic amines is 1. The molecule has 0 spiro atoms. The van der Waals surface area contributed by atoms with Crippen LogP contribution in [0.25, 0.3) is 22.3 Å². The number of anilines is 1. The number of nitrogens with one attached hydrogen (secondary N) is 1. The van der Waals surface area contributed by atoms with Crippen LogP contribution in [-0.4, -0.2) is 39.3 Å². The van der Waals surface area contributed by atoms with Gasteiger partial charge in [-0.05, 0) is 0 Å². The maximum absolute atomic E-state index is 5.69. The maximum Gasteiger partial charge on any atom is 0.200 e. The highest BCUT2D eigenvalue weighted by Crippen LogP contribution is 2.15. The Kier molecular flexibility index (Phi) is 2.09. The summed E-state index contributed by atoms with van der Waals surface area (Å²) < 4.78 is 3.82. The van der Waals surface area contributed by atoms with Crippen LogP contribution in [0.15, 0.2) is 25.2 Å². The number of imidazole rings is 2. The van der Waals surface area contributed by atoms with Gasteiger partial charge in [0.05, 0.1) is 6.20 Å². The van der Waals surface area contributed by atoms with Crippen LogP contribution in [0.1, 0.15) is 0 Å². The molecular weight excluding hydrogens is 278 g/mol. The fraction of sp³-hybridized carbons (Fsp3) is 0. The molecule has 3 N–H and O–H groups in total. The predicted octanol–water partition coefficient (Wildman–Crippen LogP) is 0.522. The number of H-pyrrole nitrogens is 1. The topological polar surface area (TPSA) is 116 Å². The zero-order valence-corrected chi connectivity index (χ0v) is 10.7. The van der Waals surface area contributed by atoms with E-state index in [1.54, 1.807) is 28.2 Å². The first-order chi connectivity index (χ1) is 9.74. The molecule has 0 radical (unpaired) electrons. The van der Waals surface area contributed by atoms with Crippen molar-refractivity contribution in [3.8, 4) is 0 Å². The average Bonchev–Trinajstić information content (AvgIpc) is 3.02. The maximum atomic E-state index is 5.69. The number of fused-ring (bicyclic) bond motifs is 2. The molecule has 0 saturated heterocycles. The monoisotopic (exact) mass is 285 g/mol. The van der Waals surface area contributed by atoms with E-state index in [0.29, 0.717) is 27.0 Å². The van der Waals surface area contributed by atoms with Gasteiger partial charge in [0, 0.05) is 0 Å². The van der Waals surface area contributed by atoms with E-state index in [-0.39, 0.29) is 5.95 Å². The highest BCUT2D eigenvalue weighted by molar-refractivity contribution is 7.71. The van der Waals surface area contributed by atoms with E-state index in [0.717, 1.165) is 0 Å². The average molecular weight is 285 g/mol. The number of hydrogen-bond acceptors (Lipinski definition) is 7. The third kappa shape index (κ3) is 1.42. The van der Waals surface area contributed by atoms with Gasteiger partial charge in [0.25, 0.3) is 0 Å². The van der Waals surface area contributed by atoms with Crippen LogP contribution < -0.4 is 5.73 Å². The van der Waals surface area contributed by atoms with Gasteiger partial charge < -0.3 is 10.7 Å². The first-order valence-corrected chi connectivity index (χ1v) is 6.01. The van der Waals surface area contributed by atoms with Gasteiger partial charge in [0.1, 0.15) is 34.7 Å². The van der Waals surface area contributed by atoms with Crippen LogP contribution in [0, 0.1) is 4.64 Å². The predicted molar refractivity (Wildman–Crippen MR) is 73.2 cm³/mol. The molecule has 0 bridgehead atoms. The van der Waals surface area contributed by atoms with E-state index < -0.39 is 0 Å². The second kappa shape index (κ2) is 3.81. The molecule has 0 unspecified atom stereocenters. The van der Waals surface area contributed by atoms with Crippen LogP contribution in [-0.2, 0) is 0 Å². The largest absolute Gasteiger partial charge is 0.369 e. The number of nitrogens with zero attached hydrogens (tertiary/aromatic N) is 7. The molecule has 4 heterocycles. The van der Waals surface area contributed by atoms with E-state index in [1.807, 2.05) is 0 Å². The minimum Gasteiger partial charge on any atom is -0.369 e. The summed E-state index contributed by atoms with van der Waals surface area (Å²) in [5.74, 6) is 0.225. The van der Waals surface area contributed by atoms with Gasteiger partial charge in [-0.15, -0.1) is 0 Å². The molecule has 0 aliphatic heterocycles. The van der Waals surface area contributed by atoms with Crippen LogP contribution in [0.3, 0.4) is 0 Å². The first-order valence-electron chi connectivity index (χ1n) is 5.60. The summed E-state index contributed by atoms with van der Waals surface area (Å²) >= 11 is 5.18. The van der Waals surface area contributed by atoms with Crippen LogP contribution in [0.5, 0.6) is 0 Å². The summed E-state index contributed by atoms with van der Waals surface area (Å²) in [6, 6.07) is 0. The summed E-state index contributed by atoms with van der Waals surface area (Å²) in [5.41, 5.74) is 8.09. The molecule has 0 amide bonds. The van der Waals surface area contributed by atoms with Gasteiger partial charge in [-0.2, -0.15) is 4.98 Å². The van der Waals surface area contributed by atoms with Gasteiger partial charge in [0.15, 0.2) is 11.3 Å². The lowest BCUT2D eigenvalue weighted by molar-refractivity contribution is 0.687. The van der Waals surface area contributed by atoms with E-state index in [4.69, 9.17) is 18.0 Å².